The van der Waals surface area contributed by atoms with Crippen LogP contribution in [0.2, 0.25) is 0 Å². The molecule has 2 rings (SSSR count). The molecule has 0 radical (unpaired) electrons. The second-order valence-corrected chi connectivity index (χ2v) is 5.03. The maximum Gasteiger partial charge on any atom is 0.344 e. The molecule has 0 aliphatic rings. The number of esters is 1. The third-order valence-electron chi connectivity index (χ3n) is 3.26. The monoisotopic (exact) mass is 321 g/mol. The molecule has 0 aliphatic heterocycles. The van der Waals surface area contributed by atoms with E-state index in [4.69, 9.17) is 13.8 Å². The van der Waals surface area contributed by atoms with Gasteiger partial charge in [-0.2, -0.15) is 0 Å². The van der Waals surface area contributed by atoms with Crippen molar-refractivity contribution in [1.29, 1.82) is 0 Å². The molecule has 2 aromatic rings. The maximum absolute atomic E-state index is 12.3. The molecule has 0 aliphatic carbocycles. The summed E-state index contributed by atoms with van der Waals surface area (Å²) in [6.45, 7) is 6.93. The Bertz CT molecular complexity index is 704. The van der Waals surface area contributed by atoms with Crippen molar-refractivity contribution < 1.29 is 23.4 Å². The minimum Gasteiger partial charge on any atom is -0.449 e. The zero-order valence-electron chi connectivity index (χ0n) is 13.5. The molecule has 1 N–H and O–H groups in total. The minimum absolute atomic E-state index is 0.274. The molecule has 124 valence electrons. The smallest absolute Gasteiger partial charge is 0.344 e. The molecule has 1 amide bonds. The van der Waals surface area contributed by atoms with Crippen molar-refractivity contribution in [1.82, 2.24) is 10.3 Å². The van der Waals surface area contributed by atoms with E-state index in [-0.39, 0.29) is 11.4 Å². The Kier molecular flexibility index (Phi) is 5.15. The van der Waals surface area contributed by atoms with Crippen molar-refractivity contribution in [3.63, 3.8) is 0 Å². The fourth-order valence-corrected chi connectivity index (χ4v) is 2.06. The van der Waals surface area contributed by atoms with E-state index < -0.39 is 18.0 Å². The Morgan fingerprint density at radius 1 is 1.26 bits per heavy atom. The predicted molar refractivity (Wildman–Crippen MR) is 80.0 cm³/mol. The van der Waals surface area contributed by atoms with Crippen molar-refractivity contribution in [3.05, 3.63) is 28.8 Å². The zero-order chi connectivity index (χ0) is 17.0. The molecule has 0 spiro atoms. The molecule has 0 saturated carbocycles. The number of aromatic nitrogens is 2. The van der Waals surface area contributed by atoms with Gasteiger partial charge in [-0.15, -0.1) is 0 Å². The quantitative estimate of drug-likeness (QED) is 0.814. The third kappa shape index (κ3) is 3.77. The standard InChI is InChI=1S/C15H19N3O5/c1-5-10-13(9(4)23-17-10)15(20)21-11(6-2)14(19)16-12-7-8(3)22-18-12/h7,11H,5-6H2,1-4H3,(H,16,18,19). The first-order chi connectivity index (χ1) is 11.0. The maximum atomic E-state index is 12.3. The summed E-state index contributed by atoms with van der Waals surface area (Å²) in [5, 5.41) is 10.0. The van der Waals surface area contributed by atoms with Crippen LogP contribution in [0.3, 0.4) is 0 Å². The lowest BCUT2D eigenvalue weighted by atomic mass is 10.1. The number of ether oxygens (including phenoxy) is 1. The first-order valence-electron chi connectivity index (χ1n) is 7.36. The Hall–Kier alpha value is -2.64. The van der Waals surface area contributed by atoms with Gasteiger partial charge >= 0.3 is 5.97 Å². The number of hydrogen-bond acceptors (Lipinski definition) is 7. The van der Waals surface area contributed by atoms with Gasteiger partial charge in [0.1, 0.15) is 17.1 Å². The summed E-state index contributed by atoms with van der Waals surface area (Å²) in [7, 11) is 0. The number of aryl methyl sites for hydroxylation is 3. The Balaban J connectivity index is 2.07. The van der Waals surface area contributed by atoms with Gasteiger partial charge in [-0.1, -0.05) is 24.2 Å². The molecule has 0 bridgehead atoms. The van der Waals surface area contributed by atoms with Gasteiger partial charge in [0.05, 0.1) is 5.69 Å². The molecule has 2 aromatic heterocycles. The van der Waals surface area contributed by atoms with Crippen LogP contribution in [-0.2, 0) is 16.0 Å². The highest BCUT2D eigenvalue weighted by Crippen LogP contribution is 2.17. The highest BCUT2D eigenvalue weighted by Gasteiger charge is 2.27. The molecule has 0 aromatic carbocycles. The summed E-state index contributed by atoms with van der Waals surface area (Å²) in [4.78, 5) is 24.5. The number of carbonyl (C=O) groups excluding carboxylic acids is 2. The Morgan fingerprint density at radius 3 is 2.57 bits per heavy atom. The van der Waals surface area contributed by atoms with E-state index in [0.717, 1.165) is 0 Å². The second-order valence-electron chi connectivity index (χ2n) is 5.03. The van der Waals surface area contributed by atoms with Gasteiger partial charge in [0, 0.05) is 6.07 Å². The number of anilines is 1. The fraction of sp³-hybridized carbons (Fsp3) is 0.467. The molecule has 8 heteroatoms. The van der Waals surface area contributed by atoms with Crippen LogP contribution >= 0.6 is 0 Å². The summed E-state index contributed by atoms with van der Waals surface area (Å²) in [5.41, 5.74) is 0.783. The van der Waals surface area contributed by atoms with Gasteiger partial charge in [0.25, 0.3) is 5.91 Å². The summed E-state index contributed by atoms with van der Waals surface area (Å²) in [5.74, 6) is 0.116. The number of hydrogen-bond donors (Lipinski definition) is 1. The number of nitrogens with one attached hydrogen (secondary N) is 1. The van der Waals surface area contributed by atoms with Crippen LogP contribution in [0.15, 0.2) is 15.1 Å². The van der Waals surface area contributed by atoms with E-state index in [2.05, 4.69) is 15.6 Å². The SMILES string of the molecule is CCc1noc(C)c1C(=O)OC(CC)C(=O)Nc1cc(C)on1. The Morgan fingerprint density at radius 2 is 2.00 bits per heavy atom. The van der Waals surface area contributed by atoms with Crippen LogP contribution in [0.1, 0.15) is 47.8 Å². The molecule has 1 atom stereocenters. The molecule has 8 nitrogen and oxygen atoms in total. The molecule has 0 fully saturated rings. The van der Waals surface area contributed by atoms with Crippen molar-refractivity contribution in [2.24, 2.45) is 0 Å². The largest absolute Gasteiger partial charge is 0.449 e. The van der Waals surface area contributed by atoms with Crippen LogP contribution in [0.25, 0.3) is 0 Å². The summed E-state index contributed by atoms with van der Waals surface area (Å²) in [6.07, 6.45) is -0.0955. The number of nitrogens with zero attached hydrogens (tertiary/aromatic N) is 2. The molecule has 23 heavy (non-hydrogen) atoms. The lowest BCUT2D eigenvalue weighted by Gasteiger charge is -2.15. The average molecular weight is 321 g/mol. The molecule has 2 heterocycles. The van der Waals surface area contributed by atoms with Gasteiger partial charge in [-0.05, 0) is 26.7 Å². The van der Waals surface area contributed by atoms with Crippen LogP contribution in [0, 0.1) is 13.8 Å². The fourth-order valence-electron chi connectivity index (χ4n) is 2.06. The van der Waals surface area contributed by atoms with Crippen molar-refractivity contribution in [3.8, 4) is 0 Å². The van der Waals surface area contributed by atoms with E-state index in [1.165, 1.54) is 0 Å². The highest BCUT2D eigenvalue weighted by molar-refractivity contribution is 5.97. The number of amides is 1. The summed E-state index contributed by atoms with van der Waals surface area (Å²) >= 11 is 0. The Labute approximate surface area is 133 Å². The lowest BCUT2D eigenvalue weighted by molar-refractivity contribution is -0.124. The van der Waals surface area contributed by atoms with Crippen LogP contribution < -0.4 is 5.32 Å². The predicted octanol–water partition coefficient (Wildman–Crippen LogP) is 2.42. The average Bonchev–Trinajstić information content (AvgIpc) is 3.09. The van der Waals surface area contributed by atoms with Crippen LogP contribution in [0.5, 0.6) is 0 Å². The third-order valence-corrected chi connectivity index (χ3v) is 3.26. The van der Waals surface area contributed by atoms with Crippen molar-refractivity contribution in [2.75, 3.05) is 5.32 Å². The number of rotatable bonds is 6. The first-order valence-corrected chi connectivity index (χ1v) is 7.36. The lowest BCUT2D eigenvalue weighted by Crippen LogP contribution is -2.32. The number of carbonyl (C=O) groups is 2. The van der Waals surface area contributed by atoms with Gasteiger partial charge in [-0.3, -0.25) is 4.79 Å². The molecule has 0 saturated heterocycles. The minimum atomic E-state index is -0.946. The van der Waals surface area contributed by atoms with Crippen molar-refractivity contribution in [2.45, 2.75) is 46.6 Å². The van der Waals surface area contributed by atoms with E-state index in [0.29, 0.717) is 30.1 Å². The van der Waals surface area contributed by atoms with Gasteiger partial charge in [0.2, 0.25) is 0 Å². The first kappa shape index (κ1) is 16.7. The van der Waals surface area contributed by atoms with E-state index >= 15 is 0 Å². The molecular formula is C15H19N3O5. The van der Waals surface area contributed by atoms with Crippen LogP contribution in [-0.4, -0.2) is 28.3 Å². The van der Waals surface area contributed by atoms with Crippen molar-refractivity contribution >= 4 is 17.7 Å². The van der Waals surface area contributed by atoms with Crippen LogP contribution in [0.4, 0.5) is 5.82 Å². The van der Waals surface area contributed by atoms with E-state index in [1.807, 2.05) is 6.92 Å². The van der Waals surface area contributed by atoms with Gasteiger partial charge in [0.15, 0.2) is 11.9 Å². The van der Waals surface area contributed by atoms with E-state index in [9.17, 15) is 9.59 Å². The zero-order valence-corrected chi connectivity index (χ0v) is 13.5. The molecular weight excluding hydrogens is 302 g/mol. The summed E-state index contributed by atoms with van der Waals surface area (Å²) in [6, 6.07) is 1.58. The van der Waals surface area contributed by atoms with E-state index in [1.54, 1.807) is 26.8 Å². The second kappa shape index (κ2) is 7.08. The molecule has 1 unspecified atom stereocenters. The summed E-state index contributed by atoms with van der Waals surface area (Å²) < 4.78 is 15.2. The van der Waals surface area contributed by atoms with Gasteiger partial charge < -0.3 is 19.1 Å². The van der Waals surface area contributed by atoms with Gasteiger partial charge in [-0.25, -0.2) is 4.79 Å². The highest BCUT2D eigenvalue weighted by atomic mass is 16.6. The topological polar surface area (TPSA) is 107 Å². The normalized spacial score (nSPS) is 12.0.